The summed E-state index contributed by atoms with van der Waals surface area (Å²) in [6.07, 6.45) is -0.839. The molecule has 25 heavy (non-hydrogen) atoms. The van der Waals surface area contributed by atoms with Gasteiger partial charge in [-0.05, 0) is 44.2 Å². The average Bonchev–Trinajstić information content (AvgIpc) is 2.58. The maximum Gasteiger partial charge on any atom is 0.340 e. The maximum absolute atomic E-state index is 12.4. The highest BCUT2D eigenvalue weighted by Gasteiger charge is 2.19. The largest absolute Gasteiger partial charge is 0.479 e. The normalized spacial score (nSPS) is 11.5. The molecule has 0 spiro atoms. The van der Waals surface area contributed by atoms with Crippen LogP contribution in [0.25, 0.3) is 0 Å². The van der Waals surface area contributed by atoms with Crippen LogP contribution in [0.2, 0.25) is 10.0 Å². The molecular weight excluding hydrogens is 365 g/mol. The molecule has 0 aromatic heterocycles. The molecule has 0 bridgehead atoms. The lowest BCUT2D eigenvalue weighted by atomic mass is 10.1. The Morgan fingerprint density at radius 3 is 2.56 bits per heavy atom. The van der Waals surface area contributed by atoms with Gasteiger partial charge in [-0.25, -0.2) is 4.79 Å². The number of ether oxygens (including phenoxy) is 2. The number of para-hydroxylation sites is 1. The van der Waals surface area contributed by atoms with Gasteiger partial charge >= 0.3 is 5.97 Å². The molecule has 132 valence electrons. The van der Waals surface area contributed by atoms with Crippen LogP contribution in [0.15, 0.2) is 42.5 Å². The minimum Gasteiger partial charge on any atom is -0.479 e. The minimum atomic E-state index is -0.839. The first-order valence-corrected chi connectivity index (χ1v) is 8.36. The molecule has 2 rings (SSSR count). The van der Waals surface area contributed by atoms with E-state index in [0.29, 0.717) is 21.5 Å². The van der Waals surface area contributed by atoms with Gasteiger partial charge in [0.2, 0.25) is 0 Å². The van der Waals surface area contributed by atoms with Crippen molar-refractivity contribution < 1.29 is 19.1 Å². The van der Waals surface area contributed by atoms with Crippen molar-refractivity contribution in [1.29, 1.82) is 0 Å². The van der Waals surface area contributed by atoms with Crippen molar-refractivity contribution in [2.75, 3.05) is 11.9 Å². The molecule has 0 unspecified atom stereocenters. The fourth-order valence-electron chi connectivity index (χ4n) is 2.03. The highest BCUT2D eigenvalue weighted by molar-refractivity contribution is 6.35. The number of esters is 1. The van der Waals surface area contributed by atoms with Gasteiger partial charge in [0.05, 0.1) is 22.9 Å². The molecule has 0 saturated carbocycles. The van der Waals surface area contributed by atoms with Crippen LogP contribution < -0.4 is 10.1 Å². The zero-order valence-electron chi connectivity index (χ0n) is 13.7. The van der Waals surface area contributed by atoms with Gasteiger partial charge in [-0.2, -0.15) is 0 Å². The molecule has 2 aromatic carbocycles. The molecule has 0 aliphatic heterocycles. The Hall–Kier alpha value is -2.24. The Bertz CT molecular complexity index is 779. The van der Waals surface area contributed by atoms with Gasteiger partial charge in [-0.3, -0.25) is 4.79 Å². The van der Waals surface area contributed by atoms with Gasteiger partial charge in [-0.1, -0.05) is 35.3 Å². The second-order valence-corrected chi connectivity index (χ2v) is 5.93. The molecule has 0 aliphatic rings. The van der Waals surface area contributed by atoms with Crippen LogP contribution in [0, 0.1) is 0 Å². The number of nitrogens with one attached hydrogen (secondary N) is 1. The number of hydrogen-bond acceptors (Lipinski definition) is 4. The topological polar surface area (TPSA) is 64.6 Å². The second kappa shape index (κ2) is 8.74. The van der Waals surface area contributed by atoms with Crippen LogP contribution in [0.4, 0.5) is 5.69 Å². The summed E-state index contributed by atoms with van der Waals surface area (Å²) in [5, 5.41) is 3.44. The summed E-state index contributed by atoms with van der Waals surface area (Å²) in [5.74, 6) is -0.595. The Balaban J connectivity index is 2.10. The van der Waals surface area contributed by atoms with E-state index >= 15 is 0 Å². The summed E-state index contributed by atoms with van der Waals surface area (Å²) < 4.78 is 10.5. The number of rotatable bonds is 6. The maximum atomic E-state index is 12.4. The SMILES string of the molecule is CCOC(=O)c1ccccc1NC(=O)[C@H](C)Oc1ccc(Cl)cc1Cl. The van der Waals surface area contributed by atoms with Crippen LogP contribution in [0.1, 0.15) is 24.2 Å². The number of amides is 1. The van der Waals surface area contributed by atoms with E-state index in [-0.39, 0.29) is 12.2 Å². The highest BCUT2D eigenvalue weighted by atomic mass is 35.5. The molecule has 0 aliphatic carbocycles. The van der Waals surface area contributed by atoms with E-state index < -0.39 is 18.0 Å². The molecule has 1 atom stereocenters. The standard InChI is InChI=1S/C18H17Cl2NO4/c1-3-24-18(23)13-6-4-5-7-15(13)21-17(22)11(2)25-16-9-8-12(19)10-14(16)20/h4-11H,3H2,1-2H3,(H,21,22)/t11-/m0/s1. The van der Waals surface area contributed by atoms with Crippen LogP contribution in [-0.2, 0) is 9.53 Å². The van der Waals surface area contributed by atoms with E-state index in [1.807, 2.05) is 0 Å². The Morgan fingerprint density at radius 2 is 1.88 bits per heavy atom. The van der Waals surface area contributed by atoms with Gasteiger partial charge < -0.3 is 14.8 Å². The van der Waals surface area contributed by atoms with Crippen LogP contribution in [0.3, 0.4) is 0 Å². The fraction of sp³-hybridized carbons (Fsp3) is 0.222. The van der Waals surface area contributed by atoms with E-state index in [4.69, 9.17) is 32.7 Å². The van der Waals surface area contributed by atoms with E-state index in [2.05, 4.69) is 5.32 Å². The molecule has 1 N–H and O–H groups in total. The minimum absolute atomic E-state index is 0.246. The number of halogens is 2. The van der Waals surface area contributed by atoms with Crippen molar-refractivity contribution in [2.45, 2.75) is 20.0 Å². The number of benzene rings is 2. The predicted octanol–water partition coefficient (Wildman–Crippen LogP) is 4.58. The number of carbonyl (C=O) groups excluding carboxylic acids is 2. The molecule has 5 nitrogen and oxygen atoms in total. The highest BCUT2D eigenvalue weighted by Crippen LogP contribution is 2.28. The summed E-state index contributed by atoms with van der Waals surface area (Å²) >= 11 is 11.9. The zero-order chi connectivity index (χ0) is 18.4. The molecular formula is C18H17Cl2NO4. The smallest absolute Gasteiger partial charge is 0.340 e. The van der Waals surface area contributed by atoms with Crippen molar-refractivity contribution in [2.24, 2.45) is 0 Å². The third-order valence-corrected chi connectivity index (χ3v) is 3.78. The number of carbonyl (C=O) groups is 2. The average molecular weight is 382 g/mol. The lowest BCUT2D eigenvalue weighted by Gasteiger charge is -2.17. The first-order valence-electron chi connectivity index (χ1n) is 7.61. The van der Waals surface area contributed by atoms with Crippen molar-refractivity contribution in [3.05, 3.63) is 58.1 Å². The molecule has 0 radical (unpaired) electrons. The van der Waals surface area contributed by atoms with Crippen molar-refractivity contribution in [3.63, 3.8) is 0 Å². The number of hydrogen-bond donors (Lipinski definition) is 1. The Kier molecular flexibility index (Phi) is 6.67. The first-order chi connectivity index (χ1) is 11.9. The van der Waals surface area contributed by atoms with Crippen molar-refractivity contribution >= 4 is 40.8 Å². The third kappa shape index (κ3) is 5.11. The Labute approximate surface area is 155 Å². The molecule has 0 saturated heterocycles. The summed E-state index contributed by atoms with van der Waals surface area (Å²) in [6, 6.07) is 11.3. The van der Waals surface area contributed by atoms with Crippen LogP contribution >= 0.6 is 23.2 Å². The van der Waals surface area contributed by atoms with Gasteiger partial charge in [0.25, 0.3) is 5.91 Å². The van der Waals surface area contributed by atoms with Crippen molar-refractivity contribution in [3.8, 4) is 5.75 Å². The second-order valence-electron chi connectivity index (χ2n) is 5.09. The molecule has 0 heterocycles. The van der Waals surface area contributed by atoms with E-state index in [1.54, 1.807) is 50.2 Å². The van der Waals surface area contributed by atoms with Gasteiger partial charge in [0.1, 0.15) is 5.75 Å². The van der Waals surface area contributed by atoms with Gasteiger partial charge in [0.15, 0.2) is 6.10 Å². The van der Waals surface area contributed by atoms with E-state index in [9.17, 15) is 9.59 Å². The molecule has 1 amide bonds. The fourth-order valence-corrected chi connectivity index (χ4v) is 2.48. The van der Waals surface area contributed by atoms with Gasteiger partial charge in [-0.15, -0.1) is 0 Å². The lowest BCUT2D eigenvalue weighted by Crippen LogP contribution is -2.30. The van der Waals surface area contributed by atoms with Crippen molar-refractivity contribution in [1.82, 2.24) is 0 Å². The third-order valence-electron chi connectivity index (χ3n) is 3.25. The number of anilines is 1. The molecule has 2 aromatic rings. The van der Waals surface area contributed by atoms with E-state index in [1.165, 1.54) is 6.07 Å². The zero-order valence-corrected chi connectivity index (χ0v) is 15.2. The molecule has 0 fully saturated rings. The monoisotopic (exact) mass is 381 g/mol. The first kappa shape index (κ1) is 19.1. The molecule has 7 heteroatoms. The van der Waals surface area contributed by atoms with E-state index in [0.717, 1.165) is 0 Å². The summed E-state index contributed by atoms with van der Waals surface area (Å²) in [5.41, 5.74) is 0.623. The quantitative estimate of drug-likeness (QED) is 0.743. The van der Waals surface area contributed by atoms with Crippen LogP contribution in [-0.4, -0.2) is 24.6 Å². The Morgan fingerprint density at radius 1 is 1.16 bits per heavy atom. The summed E-state index contributed by atoms with van der Waals surface area (Å²) in [4.78, 5) is 24.3. The van der Waals surface area contributed by atoms with Gasteiger partial charge in [0, 0.05) is 5.02 Å². The summed E-state index contributed by atoms with van der Waals surface area (Å²) in [7, 11) is 0. The predicted molar refractivity (Wildman–Crippen MR) is 97.6 cm³/mol. The van der Waals surface area contributed by atoms with Crippen LogP contribution in [0.5, 0.6) is 5.75 Å². The summed E-state index contributed by atoms with van der Waals surface area (Å²) in [6.45, 7) is 3.54. The lowest BCUT2D eigenvalue weighted by molar-refractivity contribution is -0.122.